The number of carbonyl (C=O) groups is 2. The van der Waals surface area contributed by atoms with E-state index in [0.717, 1.165) is 16.1 Å². The molecular weight excluding hydrogens is 485 g/mol. The first kappa shape index (κ1) is 27.0. The van der Waals surface area contributed by atoms with Crippen molar-refractivity contribution in [1.82, 2.24) is 10.2 Å². The van der Waals surface area contributed by atoms with Crippen LogP contribution in [0.15, 0.2) is 48.5 Å². The summed E-state index contributed by atoms with van der Waals surface area (Å²) >= 11 is 12.1. The lowest BCUT2D eigenvalue weighted by Crippen LogP contribution is -2.53. The van der Waals surface area contributed by atoms with Crippen LogP contribution in [0.5, 0.6) is 0 Å². The largest absolute Gasteiger partial charge is 0.355 e. The van der Waals surface area contributed by atoms with Crippen molar-refractivity contribution in [2.45, 2.75) is 32.7 Å². The second kappa shape index (κ2) is 12.3. The summed E-state index contributed by atoms with van der Waals surface area (Å²) in [5, 5.41) is 3.25. The summed E-state index contributed by atoms with van der Waals surface area (Å²) in [7, 11) is -3.84. The highest BCUT2D eigenvalue weighted by Crippen LogP contribution is 2.27. The Kier molecular flexibility index (Phi) is 10.0. The van der Waals surface area contributed by atoms with Crippen molar-refractivity contribution in [3.05, 3.63) is 64.1 Å². The minimum absolute atomic E-state index is 0.178. The molecule has 180 valence electrons. The van der Waals surface area contributed by atoms with E-state index in [1.165, 1.54) is 23.1 Å². The molecule has 2 aromatic rings. The average Bonchev–Trinajstić information content (AvgIpc) is 2.74. The van der Waals surface area contributed by atoms with Crippen LogP contribution in [0.2, 0.25) is 10.0 Å². The van der Waals surface area contributed by atoms with Crippen molar-refractivity contribution in [2.24, 2.45) is 0 Å². The second-order valence-corrected chi connectivity index (χ2v) is 10.3. The summed E-state index contributed by atoms with van der Waals surface area (Å²) in [6.45, 7) is 3.81. The fraction of sp³-hybridized carbons (Fsp3) is 0.391. The van der Waals surface area contributed by atoms with Gasteiger partial charge in [-0.15, -0.1) is 0 Å². The lowest BCUT2D eigenvalue weighted by Gasteiger charge is -2.32. The molecule has 0 fully saturated rings. The molecule has 0 aromatic heterocycles. The highest BCUT2D eigenvalue weighted by Gasteiger charge is 2.31. The molecule has 2 aromatic carbocycles. The molecule has 2 amide bonds. The summed E-state index contributed by atoms with van der Waals surface area (Å²) < 4.78 is 26.1. The Balaban J connectivity index is 2.38. The smallest absolute Gasteiger partial charge is 0.244 e. The van der Waals surface area contributed by atoms with Crippen LogP contribution in [-0.2, 0) is 26.0 Å². The summed E-state index contributed by atoms with van der Waals surface area (Å²) in [4.78, 5) is 27.6. The van der Waals surface area contributed by atoms with Gasteiger partial charge in [-0.05, 0) is 43.5 Å². The zero-order chi connectivity index (χ0) is 24.6. The van der Waals surface area contributed by atoms with Gasteiger partial charge in [0.15, 0.2) is 0 Å². The van der Waals surface area contributed by atoms with Crippen LogP contribution in [0.1, 0.15) is 25.8 Å². The van der Waals surface area contributed by atoms with Gasteiger partial charge in [0.2, 0.25) is 21.8 Å². The molecule has 0 radical (unpaired) electrons. The second-order valence-electron chi connectivity index (χ2n) is 7.54. The van der Waals surface area contributed by atoms with E-state index >= 15 is 0 Å². The molecule has 0 aliphatic rings. The molecule has 2 rings (SSSR count). The number of sulfonamides is 1. The van der Waals surface area contributed by atoms with E-state index in [1.807, 2.05) is 37.3 Å². The van der Waals surface area contributed by atoms with Crippen molar-refractivity contribution in [1.29, 1.82) is 0 Å². The molecular formula is C23H29Cl2N3O4S. The van der Waals surface area contributed by atoms with E-state index in [4.69, 9.17) is 23.2 Å². The molecule has 0 bridgehead atoms. The molecule has 33 heavy (non-hydrogen) atoms. The number of nitrogens with one attached hydrogen (secondary N) is 1. The highest BCUT2D eigenvalue weighted by molar-refractivity contribution is 7.92. The number of likely N-dealkylation sites (N-methyl/N-ethyl adjacent to an activating group) is 1. The number of carbonyl (C=O) groups excluding carboxylic acids is 2. The molecule has 0 spiro atoms. The van der Waals surface area contributed by atoms with Gasteiger partial charge in [0.25, 0.3) is 0 Å². The summed E-state index contributed by atoms with van der Waals surface area (Å²) in [5.41, 5.74) is 1.18. The van der Waals surface area contributed by atoms with E-state index in [-0.39, 0.29) is 28.2 Å². The lowest BCUT2D eigenvalue weighted by molar-refractivity contribution is -0.139. The van der Waals surface area contributed by atoms with Crippen LogP contribution < -0.4 is 9.62 Å². The Hall–Kier alpha value is -2.29. The number of benzene rings is 2. The maximum atomic E-state index is 13.4. The zero-order valence-corrected chi connectivity index (χ0v) is 21.3. The first-order valence-electron chi connectivity index (χ1n) is 10.6. The Labute approximate surface area is 205 Å². The third-order valence-electron chi connectivity index (χ3n) is 5.04. The van der Waals surface area contributed by atoms with Crippen LogP contribution in [-0.4, -0.2) is 57.1 Å². The maximum absolute atomic E-state index is 13.4. The fourth-order valence-electron chi connectivity index (χ4n) is 3.48. The van der Waals surface area contributed by atoms with Crippen LogP contribution in [0.25, 0.3) is 0 Å². The number of anilines is 1. The fourth-order valence-corrected chi connectivity index (χ4v) is 4.83. The standard InChI is InChI=1S/C23H29Cl2N3O4S/c1-4-21(23(30)26-5-2)27(12-11-17-9-7-6-8-10-17)22(29)16-28(33(3,31)32)20-14-18(24)13-19(25)15-20/h6-10,13-15,21H,4-5,11-12,16H2,1-3H3,(H,26,30)/t21-/m1/s1. The highest BCUT2D eigenvalue weighted by atomic mass is 35.5. The molecule has 1 atom stereocenters. The van der Waals surface area contributed by atoms with Gasteiger partial charge >= 0.3 is 0 Å². The molecule has 0 aliphatic heterocycles. The van der Waals surface area contributed by atoms with Crippen LogP contribution >= 0.6 is 23.2 Å². The van der Waals surface area contributed by atoms with Crippen LogP contribution in [0, 0.1) is 0 Å². The van der Waals surface area contributed by atoms with E-state index in [1.54, 1.807) is 6.92 Å². The zero-order valence-electron chi connectivity index (χ0n) is 18.9. The normalized spacial score (nSPS) is 12.2. The third kappa shape index (κ3) is 7.91. The van der Waals surface area contributed by atoms with Gasteiger partial charge in [-0.25, -0.2) is 8.42 Å². The monoisotopic (exact) mass is 513 g/mol. The average molecular weight is 514 g/mol. The van der Waals surface area contributed by atoms with Crippen LogP contribution in [0.3, 0.4) is 0 Å². The number of amides is 2. The minimum atomic E-state index is -3.84. The van der Waals surface area contributed by atoms with Gasteiger partial charge in [-0.2, -0.15) is 0 Å². The van der Waals surface area contributed by atoms with Crippen molar-refractivity contribution in [3.63, 3.8) is 0 Å². The first-order chi connectivity index (χ1) is 15.6. The summed E-state index contributed by atoms with van der Waals surface area (Å²) in [6, 6.07) is 13.2. The number of rotatable bonds is 11. The van der Waals surface area contributed by atoms with Gasteiger partial charge in [-0.1, -0.05) is 60.5 Å². The number of nitrogens with zero attached hydrogens (tertiary/aromatic N) is 2. The van der Waals surface area contributed by atoms with E-state index in [0.29, 0.717) is 19.4 Å². The van der Waals surface area contributed by atoms with Crippen molar-refractivity contribution in [3.8, 4) is 0 Å². The maximum Gasteiger partial charge on any atom is 0.244 e. The molecule has 0 saturated heterocycles. The first-order valence-corrected chi connectivity index (χ1v) is 13.2. The Morgan fingerprint density at radius 1 is 1.03 bits per heavy atom. The van der Waals surface area contributed by atoms with Gasteiger partial charge in [-0.3, -0.25) is 13.9 Å². The molecule has 10 heteroatoms. The number of hydrogen-bond donors (Lipinski definition) is 1. The predicted molar refractivity (Wildman–Crippen MR) is 133 cm³/mol. The third-order valence-corrected chi connectivity index (χ3v) is 6.61. The van der Waals surface area contributed by atoms with Gasteiger partial charge in [0.1, 0.15) is 12.6 Å². The Morgan fingerprint density at radius 2 is 1.64 bits per heavy atom. The topological polar surface area (TPSA) is 86.8 Å². The van der Waals surface area contributed by atoms with Crippen molar-refractivity contribution < 1.29 is 18.0 Å². The van der Waals surface area contributed by atoms with E-state index in [9.17, 15) is 18.0 Å². The van der Waals surface area contributed by atoms with Crippen molar-refractivity contribution in [2.75, 3.05) is 30.2 Å². The predicted octanol–water partition coefficient (Wildman–Crippen LogP) is 3.75. The number of hydrogen-bond acceptors (Lipinski definition) is 4. The SMILES string of the molecule is CCNC(=O)[C@@H](CC)N(CCc1ccccc1)C(=O)CN(c1cc(Cl)cc(Cl)c1)S(C)(=O)=O. The summed E-state index contributed by atoms with van der Waals surface area (Å²) in [6.07, 6.45) is 1.91. The minimum Gasteiger partial charge on any atom is -0.355 e. The molecule has 0 aliphatic carbocycles. The Morgan fingerprint density at radius 3 is 2.15 bits per heavy atom. The van der Waals surface area contributed by atoms with E-state index < -0.39 is 28.5 Å². The van der Waals surface area contributed by atoms with Gasteiger partial charge in [0.05, 0.1) is 11.9 Å². The van der Waals surface area contributed by atoms with Gasteiger partial charge in [0, 0.05) is 23.1 Å². The van der Waals surface area contributed by atoms with E-state index in [2.05, 4.69) is 5.32 Å². The molecule has 0 saturated carbocycles. The molecule has 0 unspecified atom stereocenters. The quantitative estimate of drug-likeness (QED) is 0.495. The summed E-state index contributed by atoms with van der Waals surface area (Å²) in [5.74, 6) is -0.774. The van der Waals surface area contributed by atoms with Crippen LogP contribution in [0.4, 0.5) is 5.69 Å². The molecule has 1 N–H and O–H groups in total. The lowest BCUT2D eigenvalue weighted by atomic mass is 10.1. The number of halogens is 2. The molecule has 0 heterocycles. The molecule has 7 nitrogen and oxygen atoms in total. The Bertz CT molecular complexity index is 1040. The van der Waals surface area contributed by atoms with Gasteiger partial charge < -0.3 is 10.2 Å². The van der Waals surface area contributed by atoms with Crippen molar-refractivity contribution >= 4 is 50.7 Å².